The molecule has 1 unspecified atom stereocenters. The lowest BCUT2D eigenvalue weighted by molar-refractivity contribution is -0.346. The average Bonchev–Trinajstić information content (AvgIpc) is 1.14. The third-order valence-electron chi connectivity index (χ3n) is 19.9. The standard InChI is InChI=1S/C95H83NO22S/c97-86(66-41-19-5-20-42-66)113-78-75(60-107-92-83(106-58-65-39-17-4-18-40-65)80(105-57-64-37-15-3-16-38-64)77(104-56-63-35-13-2-14-36-63)74(109-92)59-103-55-62-33-11-1-12-34-62)110-93(84(117-90(101)70-49-27-9-28-50-70)81(78)115-88(99)68-45-23-7-24-46-68)108-61-76-79(114-87(98)67-43-21-6-22-44-67)82(116-89(100)69-47-25-8-26-48-69)85(118-91(102)71-51-29-10-30-52-71)94(111-76)119-95-96-72-53-31-32-54-73(72)112-95/h1-54,74-85,92-94H,55-61H2/t74-,75-,76-,77-,78-,79-,80+,81+,82+,83-,84-,85-,92?,93-,94+/m1/s1. The van der Waals surface area contributed by atoms with Crippen molar-refractivity contribution in [3.8, 4) is 0 Å². The summed E-state index contributed by atoms with van der Waals surface area (Å²) in [6.07, 6.45) is -21.8. The molecule has 15 rings (SSSR count). The highest BCUT2D eigenvalue weighted by molar-refractivity contribution is 7.99. The van der Waals surface area contributed by atoms with Gasteiger partial charge in [-0.2, -0.15) is 0 Å². The summed E-state index contributed by atoms with van der Waals surface area (Å²) in [5.41, 5.74) is 3.03. The van der Waals surface area contributed by atoms with Crippen molar-refractivity contribution in [2.45, 2.75) is 123 Å². The van der Waals surface area contributed by atoms with Gasteiger partial charge in [-0.3, -0.25) is 0 Å². The molecule has 23 nitrogen and oxygen atoms in total. The monoisotopic (exact) mass is 1620 g/mol. The minimum absolute atomic E-state index is 0.00118. The topological polar surface area (TPSA) is 267 Å². The van der Waals surface area contributed by atoms with E-state index in [0.717, 1.165) is 34.0 Å². The second-order valence-electron chi connectivity index (χ2n) is 28.1. The Labute approximate surface area is 690 Å². The van der Waals surface area contributed by atoms with Crippen LogP contribution in [0.2, 0.25) is 0 Å². The number of nitrogens with zero attached hydrogens (tertiary/aromatic N) is 1. The van der Waals surface area contributed by atoms with E-state index in [1.807, 2.05) is 121 Å². The smallest absolute Gasteiger partial charge is 0.338 e. The molecule has 3 aliphatic heterocycles. The predicted molar refractivity (Wildman–Crippen MR) is 433 cm³/mol. The summed E-state index contributed by atoms with van der Waals surface area (Å²) in [6, 6.07) is 93.2. The number of oxazole rings is 1. The maximum atomic E-state index is 15.2. The molecule has 12 aromatic rings. The van der Waals surface area contributed by atoms with Crippen molar-refractivity contribution in [2.24, 2.45) is 0 Å². The molecular formula is C95H83NO22S. The molecule has 1 aromatic heterocycles. The molecule has 4 heterocycles. The Morgan fingerprint density at radius 1 is 0.269 bits per heavy atom. The number of hydrogen-bond acceptors (Lipinski definition) is 24. The number of hydrogen-bond donors (Lipinski definition) is 0. The molecule has 0 spiro atoms. The summed E-state index contributed by atoms with van der Waals surface area (Å²) in [7, 11) is 0. The SMILES string of the molecule is O=C(O[C@@H]1[C@@H](OC(=O)c2ccccc2)[C@H](Sc2nc3ccccc3o2)O[C@H](CO[C@@H]2O[C@H](COC3O[C@H](COCc4ccccc4)[C@@H](OCc4ccccc4)[C@H](OCc4ccccc4)[C@H]3OCc3ccccc3)[C@@H](OC(=O)c3ccccc3)[C@H](OC(=O)c3ccccc3)[C@H]2OC(=O)c2ccccc2)[C@H]1OC(=O)c1ccccc1)c1ccccc1. The molecule has 0 radical (unpaired) electrons. The molecule has 119 heavy (non-hydrogen) atoms. The van der Waals surface area contributed by atoms with Crippen molar-refractivity contribution in [3.63, 3.8) is 0 Å². The maximum Gasteiger partial charge on any atom is 0.338 e. The molecule has 0 saturated carbocycles. The Morgan fingerprint density at radius 3 is 0.958 bits per heavy atom. The van der Waals surface area contributed by atoms with Crippen molar-refractivity contribution in [1.82, 2.24) is 4.98 Å². The van der Waals surface area contributed by atoms with Crippen LogP contribution >= 0.6 is 11.8 Å². The van der Waals surface area contributed by atoms with E-state index >= 15 is 19.2 Å². The van der Waals surface area contributed by atoms with Gasteiger partial charge in [0.05, 0.1) is 79.6 Å². The summed E-state index contributed by atoms with van der Waals surface area (Å²) in [4.78, 5) is 95.0. The average molecular weight is 1620 g/mol. The first-order valence-electron chi connectivity index (χ1n) is 38.8. The summed E-state index contributed by atoms with van der Waals surface area (Å²) in [5, 5.41) is 0.0139. The minimum Gasteiger partial charge on any atom is -0.452 e. The van der Waals surface area contributed by atoms with Gasteiger partial charge in [-0.1, -0.05) is 243 Å². The predicted octanol–water partition coefficient (Wildman–Crippen LogP) is 15.5. The van der Waals surface area contributed by atoms with Gasteiger partial charge in [-0.25, -0.2) is 33.8 Å². The molecule has 24 heteroatoms. The second kappa shape index (κ2) is 40.7. The molecule has 15 atom stereocenters. The highest BCUT2D eigenvalue weighted by atomic mass is 32.2. The number of carbonyl (C=O) groups excluding carboxylic acids is 6. The zero-order chi connectivity index (χ0) is 81.5. The molecule has 3 saturated heterocycles. The summed E-state index contributed by atoms with van der Waals surface area (Å²) in [6.45, 7) is -1.15. The van der Waals surface area contributed by atoms with Crippen LogP contribution in [-0.4, -0.2) is 152 Å². The Kier molecular flexibility index (Phi) is 28.0. The molecule has 606 valence electrons. The quantitative estimate of drug-likeness (QED) is 0.0273. The first-order valence-corrected chi connectivity index (χ1v) is 39.7. The number of carbonyl (C=O) groups is 6. The van der Waals surface area contributed by atoms with E-state index in [1.165, 1.54) is 72.8 Å². The number of esters is 6. The number of rotatable bonds is 33. The van der Waals surface area contributed by atoms with Gasteiger partial charge < -0.3 is 75.5 Å². The van der Waals surface area contributed by atoms with Crippen LogP contribution in [0.25, 0.3) is 11.1 Å². The van der Waals surface area contributed by atoms with E-state index in [4.69, 9.17) is 80.5 Å². The zero-order valence-corrected chi connectivity index (χ0v) is 64.9. The van der Waals surface area contributed by atoms with Gasteiger partial charge in [0.25, 0.3) is 5.22 Å². The van der Waals surface area contributed by atoms with Crippen LogP contribution in [0.4, 0.5) is 0 Å². The normalized spacial score (nSPS) is 22.8. The number of fused-ring (bicyclic) bond motifs is 1. The van der Waals surface area contributed by atoms with Gasteiger partial charge in [0.2, 0.25) is 0 Å². The highest BCUT2D eigenvalue weighted by Gasteiger charge is 2.58. The molecule has 0 aliphatic carbocycles. The van der Waals surface area contributed by atoms with E-state index in [0.29, 0.717) is 11.1 Å². The third-order valence-corrected chi connectivity index (χ3v) is 20.9. The number of ether oxygens (including phenoxy) is 15. The van der Waals surface area contributed by atoms with Crippen LogP contribution in [0.15, 0.2) is 337 Å². The fourth-order valence-corrected chi connectivity index (χ4v) is 14.9. The first kappa shape index (κ1) is 81.8. The van der Waals surface area contributed by atoms with Crippen LogP contribution in [0.1, 0.15) is 84.4 Å². The zero-order valence-electron chi connectivity index (χ0n) is 64.1. The highest BCUT2D eigenvalue weighted by Crippen LogP contribution is 2.42. The molecule has 0 bridgehead atoms. The summed E-state index contributed by atoms with van der Waals surface area (Å²) < 4.78 is 109. The van der Waals surface area contributed by atoms with Gasteiger partial charge >= 0.3 is 35.8 Å². The molecular weight excluding hydrogens is 1540 g/mol. The lowest BCUT2D eigenvalue weighted by atomic mass is 9.96. The van der Waals surface area contributed by atoms with Crippen molar-refractivity contribution < 1.29 is 104 Å². The van der Waals surface area contributed by atoms with Crippen molar-refractivity contribution in [3.05, 3.63) is 383 Å². The van der Waals surface area contributed by atoms with E-state index in [-0.39, 0.29) is 71.6 Å². The molecule has 3 fully saturated rings. The third kappa shape index (κ3) is 21.5. The van der Waals surface area contributed by atoms with Crippen molar-refractivity contribution in [1.29, 1.82) is 0 Å². The van der Waals surface area contributed by atoms with E-state index in [2.05, 4.69) is 0 Å². The summed E-state index contributed by atoms with van der Waals surface area (Å²) in [5.74, 6) is -5.64. The first-order chi connectivity index (χ1) is 58.5. The number of benzene rings is 11. The van der Waals surface area contributed by atoms with E-state index < -0.39 is 140 Å². The van der Waals surface area contributed by atoms with Crippen LogP contribution in [0.3, 0.4) is 0 Å². The van der Waals surface area contributed by atoms with Crippen LogP contribution < -0.4 is 0 Å². The lowest BCUT2D eigenvalue weighted by Crippen LogP contribution is -2.65. The minimum atomic E-state index is -1.97. The van der Waals surface area contributed by atoms with Gasteiger partial charge in [0.15, 0.2) is 60.2 Å². The summed E-state index contributed by atoms with van der Waals surface area (Å²) >= 11 is 0.856. The molecule has 3 aliphatic rings. The Morgan fingerprint density at radius 2 is 0.563 bits per heavy atom. The lowest BCUT2D eigenvalue weighted by Gasteiger charge is -2.48. The van der Waals surface area contributed by atoms with Gasteiger partial charge in [0.1, 0.15) is 42.1 Å². The van der Waals surface area contributed by atoms with Crippen molar-refractivity contribution in [2.75, 3.05) is 19.8 Å². The second-order valence-corrected chi connectivity index (χ2v) is 29.1. The van der Waals surface area contributed by atoms with Crippen molar-refractivity contribution >= 4 is 58.7 Å². The Hall–Kier alpha value is -12.3. The number of thioether (sulfide) groups is 1. The van der Waals surface area contributed by atoms with Gasteiger partial charge in [-0.15, -0.1) is 0 Å². The number of aromatic nitrogens is 1. The fourth-order valence-electron chi connectivity index (χ4n) is 13.9. The maximum absolute atomic E-state index is 15.2. The van der Waals surface area contributed by atoms with Crippen LogP contribution in [0, 0.1) is 0 Å². The van der Waals surface area contributed by atoms with Gasteiger partial charge in [0, 0.05) is 0 Å². The van der Waals surface area contributed by atoms with E-state index in [9.17, 15) is 9.59 Å². The molecule has 0 N–H and O–H groups in total. The van der Waals surface area contributed by atoms with Crippen LogP contribution in [-0.2, 0) is 97.5 Å². The Bertz CT molecular complexity index is 5200. The largest absolute Gasteiger partial charge is 0.452 e. The molecule has 11 aromatic carbocycles. The molecule has 0 amide bonds. The number of para-hydroxylation sites is 2. The van der Waals surface area contributed by atoms with Gasteiger partial charge in [-0.05, 0) is 119 Å². The Balaban J connectivity index is 0.857. The van der Waals surface area contributed by atoms with E-state index in [1.54, 1.807) is 133 Å². The fraction of sp³-hybridized carbons (Fsp3) is 0.232. The van der Waals surface area contributed by atoms with Crippen LogP contribution in [0.5, 0.6) is 0 Å².